The molecule has 0 bridgehead atoms. The van der Waals surface area contributed by atoms with E-state index in [0.29, 0.717) is 37.1 Å². The van der Waals surface area contributed by atoms with Crippen molar-refractivity contribution in [2.24, 2.45) is 4.99 Å². The maximum absolute atomic E-state index is 13.8. The lowest BCUT2D eigenvalue weighted by Crippen LogP contribution is -2.40. The quantitative estimate of drug-likeness (QED) is 0.400. The molecule has 0 amide bonds. The molecule has 0 saturated carbocycles. The summed E-state index contributed by atoms with van der Waals surface area (Å²) in [5.41, 5.74) is 0.956. The van der Waals surface area contributed by atoms with Crippen LogP contribution in [0.25, 0.3) is 6.08 Å². The van der Waals surface area contributed by atoms with Crippen LogP contribution in [0, 0.1) is 0 Å². The Hall–Kier alpha value is -2.82. The molecule has 8 nitrogen and oxygen atoms in total. The van der Waals surface area contributed by atoms with Gasteiger partial charge in [-0.3, -0.25) is 9.36 Å². The second-order valence-corrected chi connectivity index (χ2v) is 11.1. The number of nitrogens with zero attached hydrogens (tertiary/aromatic N) is 3. The molecule has 1 saturated heterocycles. The average Bonchev–Trinajstić information content (AvgIpc) is 3.41. The molecule has 2 aromatic heterocycles. The molecule has 0 unspecified atom stereocenters. The monoisotopic (exact) mass is 605 g/mol. The molecular weight excluding hydrogens is 582 g/mol. The summed E-state index contributed by atoms with van der Waals surface area (Å²) in [5, 5.41) is 0.447. The van der Waals surface area contributed by atoms with E-state index in [4.69, 9.17) is 25.5 Å². The van der Waals surface area contributed by atoms with Crippen molar-refractivity contribution >= 4 is 56.8 Å². The predicted octanol–water partition coefficient (Wildman–Crippen LogP) is 4.42. The van der Waals surface area contributed by atoms with E-state index in [1.807, 2.05) is 6.07 Å². The molecule has 5 rings (SSSR count). The summed E-state index contributed by atoms with van der Waals surface area (Å²) in [6.45, 7) is 3.59. The number of halogens is 2. The fraction of sp³-hybridized carbons (Fsp3) is 0.346. The number of furan rings is 1. The number of anilines is 1. The summed E-state index contributed by atoms with van der Waals surface area (Å²) in [6.07, 6.45) is 5.17. The van der Waals surface area contributed by atoms with Crippen molar-refractivity contribution in [2.45, 2.75) is 32.2 Å². The zero-order valence-electron chi connectivity index (χ0n) is 20.5. The number of benzene rings is 1. The van der Waals surface area contributed by atoms with Crippen LogP contribution in [0.15, 0.2) is 54.2 Å². The normalized spacial score (nSPS) is 18.0. The van der Waals surface area contributed by atoms with E-state index in [9.17, 15) is 9.59 Å². The highest BCUT2D eigenvalue weighted by Crippen LogP contribution is 2.37. The van der Waals surface area contributed by atoms with Crippen LogP contribution >= 0.6 is 38.9 Å². The molecule has 0 aliphatic carbocycles. The van der Waals surface area contributed by atoms with Gasteiger partial charge in [0.25, 0.3) is 5.56 Å². The molecule has 3 aromatic rings. The fourth-order valence-corrected chi connectivity index (χ4v) is 6.56. The molecule has 1 fully saturated rings. The van der Waals surface area contributed by atoms with Crippen LogP contribution in [-0.4, -0.2) is 37.8 Å². The highest BCUT2D eigenvalue weighted by Gasteiger charge is 2.35. The number of aromatic nitrogens is 1. The van der Waals surface area contributed by atoms with E-state index < -0.39 is 12.0 Å². The molecule has 2 aliphatic rings. The summed E-state index contributed by atoms with van der Waals surface area (Å²) < 4.78 is 19.5. The smallest absolute Gasteiger partial charge is 0.338 e. The van der Waals surface area contributed by atoms with E-state index in [-0.39, 0.29) is 11.1 Å². The Morgan fingerprint density at radius 3 is 2.70 bits per heavy atom. The number of hydrogen-bond acceptors (Lipinski definition) is 8. The second-order valence-electron chi connectivity index (χ2n) is 8.81. The number of rotatable bonds is 5. The third kappa shape index (κ3) is 4.78. The number of hydrogen-bond donors (Lipinski definition) is 0. The van der Waals surface area contributed by atoms with Crippen LogP contribution in [0.5, 0.6) is 5.75 Å². The molecule has 4 heterocycles. The molecule has 2 aliphatic heterocycles. The number of ether oxygens (including phenoxy) is 2. The molecule has 11 heteroatoms. The minimum absolute atomic E-state index is 0.246. The molecule has 0 radical (unpaired) electrons. The molecule has 194 valence electrons. The van der Waals surface area contributed by atoms with E-state index in [0.717, 1.165) is 36.3 Å². The Bertz CT molecular complexity index is 1580. The van der Waals surface area contributed by atoms with E-state index in [1.165, 1.54) is 36.5 Å². The number of allylic oxidation sites excluding steroid dienone is 1. The summed E-state index contributed by atoms with van der Waals surface area (Å²) in [5.74, 6) is 1.23. The third-order valence-electron chi connectivity index (χ3n) is 6.52. The number of esters is 1. The summed E-state index contributed by atoms with van der Waals surface area (Å²) in [4.78, 5) is 34.0. The van der Waals surface area contributed by atoms with Crippen molar-refractivity contribution in [1.82, 2.24) is 4.57 Å². The Morgan fingerprint density at radius 2 is 2.00 bits per heavy atom. The van der Waals surface area contributed by atoms with Crippen molar-refractivity contribution in [3.63, 3.8) is 0 Å². The first-order chi connectivity index (χ1) is 17.8. The Kier molecular flexibility index (Phi) is 7.33. The zero-order chi connectivity index (χ0) is 26.3. The van der Waals surface area contributed by atoms with Gasteiger partial charge in [-0.2, -0.15) is 0 Å². The highest BCUT2D eigenvalue weighted by molar-refractivity contribution is 9.10. The molecule has 0 N–H and O–H groups in total. The van der Waals surface area contributed by atoms with Crippen LogP contribution in [0.4, 0.5) is 5.88 Å². The topological polar surface area (TPSA) is 86.3 Å². The number of carbonyl (C=O) groups is 1. The third-order valence-corrected chi connectivity index (χ3v) is 8.30. The van der Waals surface area contributed by atoms with Crippen LogP contribution in [0.3, 0.4) is 0 Å². The standard InChI is InChI=1S/C26H25BrClN3O5S/c1-14-21(25(33)35-3)22(17-11-15(28)7-8-19(17)34-2)31-23(32)20(37-26(31)29-14)13-16-12-18(27)24(36-16)30-9-5-4-6-10-30/h7-8,11-13,22H,4-6,9-10H2,1-3H3/b20-13-/t22-/m1/s1. The Balaban J connectivity index is 1.68. The number of carbonyl (C=O) groups excluding carboxylic acids is 1. The molecule has 37 heavy (non-hydrogen) atoms. The van der Waals surface area contributed by atoms with Gasteiger partial charge in [-0.05, 0) is 60.3 Å². The maximum Gasteiger partial charge on any atom is 0.338 e. The van der Waals surface area contributed by atoms with Gasteiger partial charge in [-0.1, -0.05) is 22.9 Å². The zero-order valence-corrected chi connectivity index (χ0v) is 23.7. The number of thiazole rings is 1. The van der Waals surface area contributed by atoms with Crippen LogP contribution in [-0.2, 0) is 9.53 Å². The minimum atomic E-state index is -0.827. The van der Waals surface area contributed by atoms with Gasteiger partial charge in [0, 0.05) is 35.8 Å². The van der Waals surface area contributed by atoms with Crippen molar-refractivity contribution in [3.05, 3.63) is 76.0 Å². The lowest BCUT2D eigenvalue weighted by Gasteiger charge is -2.26. The largest absolute Gasteiger partial charge is 0.496 e. The number of methoxy groups -OCH3 is 2. The lowest BCUT2D eigenvalue weighted by atomic mass is 9.95. The average molecular weight is 607 g/mol. The number of fused-ring (bicyclic) bond motifs is 1. The second kappa shape index (κ2) is 10.5. The first-order valence-electron chi connectivity index (χ1n) is 11.8. The van der Waals surface area contributed by atoms with Crippen LogP contribution in [0.2, 0.25) is 5.02 Å². The van der Waals surface area contributed by atoms with Gasteiger partial charge < -0.3 is 18.8 Å². The van der Waals surface area contributed by atoms with Gasteiger partial charge >= 0.3 is 5.97 Å². The SMILES string of the molecule is COC(=O)C1=C(C)N=c2s/c(=C\c3cc(Br)c(N4CCCCC4)o3)c(=O)n2[C@@H]1c1cc(Cl)ccc1OC. The van der Waals surface area contributed by atoms with Gasteiger partial charge in [0.1, 0.15) is 17.6 Å². The van der Waals surface area contributed by atoms with Crippen molar-refractivity contribution in [3.8, 4) is 5.75 Å². The minimum Gasteiger partial charge on any atom is -0.496 e. The first kappa shape index (κ1) is 25.8. The van der Waals surface area contributed by atoms with Gasteiger partial charge in [0.15, 0.2) is 4.80 Å². The predicted molar refractivity (Wildman–Crippen MR) is 146 cm³/mol. The van der Waals surface area contributed by atoms with Gasteiger partial charge in [0.05, 0.1) is 34.5 Å². The van der Waals surface area contributed by atoms with Gasteiger partial charge in [-0.15, -0.1) is 0 Å². The molecule has 1 aromatic carbocycles. The van der Waals surface area contributed by atoms with Crippen LogP contribution < -0.4 is 24.5 Å². The van der Waals surface area contributed by atoms with E-state index in [2.05, 4.69) is 25.8 Å². The van der Waals surface area contributed by atoms with Crippen molar-refractivity contribution in [2.75, 3.05) is 32.2 Å². The summed E-state index contributed by atoms with van der Waals surface area (Å²) in [6, 6.07) is 6.13. The Labute approximate surface area is 230 Å². The maximum atomic E-state index is 13.8. The van der Waals surface area contributed by atoms with E-state index >= 15 is 0 Å². The summed E-state index contributed by atoms with van der Waals surface area (Å²) in [7, 11) is 2.83. The van der Waals surface area contributed by atoms with Crippen molar-refractivity contribution in [1.29, 1.82) is 0 Å². The molecule has 0 spiro atoms. The Morgan fingerprint density at radius 1 is 1.24 bits per heavy atom. The van der Waals surface area contributed by atoms with Crippen LogP contribution in [0.1, 0.15) is 43.6 Å². The fourth-order valence-electron chi connectivity index (χ4n) is 4.80. The first-order valence-corrected chi connectivity index (χ1v) is 13.8. The summed E-state index contributed by atoms with van der Waals surface area (Å²) >= 11 is 11.2. The number of piperidine rings is 1. The van der Waals surface area contributed by atoms with E-state index in [1.54, 1.807) is 31.2 Å². The molecule has 1 atom stereocenters. The van der Waals surface area contributed by atoms with Gasteiger partial charge in [-0.25, -0.2) is 9.79 Å². The molecular formula is C26H25BrClN3O5S. The van der Waals surface area contributed by atoms with Gasteiger partial charge in [0.2, 0.25) is 5.88 Å². The highest BCUT2D eigenvalue weighted by atomic mass is 79.9. The van der Waals surface area contributed by atoms with Crippen molar-refractivity contribution < 1.29 is 18.7 Å². The lowest BCUT2D eigenvalue weighted by molar-refractivity contribution is -0.136.